The summed E-state index contributed by atoms with van der Waals surface area (Å²) in [5.41, 5.74) is 3.90. The van der Waals surface area contributed by atoms with E-state index in [0.29, 0.717) is 33.0 Å². The summed E-state index contributed by atoms with van der Waals surface area (Å²) >= 11 is 4.31. The molecule has 0 fully saturated rings. The van der Waals surface area contributed by atoms with E-state index < -0.39 is 0 Å². The molecule has 0 saturated carbocycles. The number of thiophene rings is 2. The summed E-state index contributed by atoms with van der Waals surface area (Å²) in [7, 11) is 0. The third-order valence-electron chi connectivity index (χ3n) is 9.76. The zero-order valence-electron chi connectivity index (χ0n) is 25.2. The van der Waals surface area contributed by atoms with Gasteiger partial charge in [0.25, 0.3) is 0 Å². The number of nitriles is 2. The van der Waals surface area contributed by atoms with Gasteiger partial charge >= 0.3 is 0 Å². The molecule has 0 unspecified atom stereocenters. The molecular formula is C32H42N4O2S3. The van der Waals surface area contributed by atoms with Crippen LogP contribution in [0.3, 0.4) is 0 Å². The van der Waals surface area contributed by atoms with Crippen molar-refractivity contribution in [3.63, 3.8) is 0 Å². The Kier molecular flexibility index (Phi) is 9.94. The molecule has 2 aromatic rings. The number of rotatable bonds is 10. The lowest BCUT2D eigenvalue weighted by molar-refractivity contribution is -0.114. The van der Waals surface area contributed by atoms with Crippen molar-refractivity contribution in [2.45, 2.75) is 92.9 Å². The molecule has 41 heavy (non-hydrogen) atoms. The van der Waals surface area contributed by atoms with Gasteiger partial charge in [0.2, 0.25) is 11.8 Å². The molecule has 2 amide bonds. The molecule has 9 heteroatoms. The summed E-state index contributed by atoms with van der Waals surface area (Å²) in [5, 5.41) is 26.8. The van der Waals surface area contributed by atoms with E-state index in [9.17, 15) is 20.1 Å². The summed E-state index contributed by atoms with van der Waals surface area (Å²) < 4.78 is 0. The van der Waals surface area contributed by atoms with Gasteiger partial charge in [-0.3, -0.25) is 9.59 Å². The summed E-state index contributed by atoms with van der Waals surface area (Å²) in [6.07, 6.45) is 8.02. The SMILES string of the molecule is CCC(C)(C)[C@@H]1CCc2c(sc(NC(=O)CSCC(=O)Nc3sc4c(c3C#N)CC[C@H](C(C)(C)CC)C4)c2C#N)C1. The molecule has 2 heterocycles. The number of hydrogen-bond donors (Lipinski definition) is 2. The maximum atomic E-state index is 12.8. The minimum absolute atomic E-state index is 0.117. The fourth-order valence-corrected chi connectivity index (χ4v) is 9.26. The Morgan fingerprint density at radius 3 is 1.54 bits per heavy atom. The van der Waals surface area contributed by atoms with E-state index in [1.54, 1.807) is 0 Å². The maximum absolute atomic E-state index is 12.8. The van der Waals surface area contributed by atoms with Crippen molar-refractivity contribution >= 4 is 56.3 Å². The molecule has 6 nitrogen and oxygen atoms in total. The van der Waals surface area contributed by atoms with Gasteiger partial charge in [-0.05, 0) is 72.3 Å². The standard InChI is InChI=1S/C32H42N4O2S3/c1-7-31(3,4)19-9-11-21-23(15-33)29(40-25(21)13-19)35-27(37)17-39-18-28(38)36-30-24(16-34)22-12-10-20(14-26(22)41-30)32(5,6)8-2/h19-20H,7-14,17-18H2,1-6H3,(H,35,37)(H,36,38)/t19-,20+. The van der Waals surface area contributed by atoms with Gasteiger partial charge < -0.3 is 10.6 Å². The average Bonchev–Trinajstić information content (AvgIpc) is 3.47. The van der Waals surface area contributed by atoms with E-state index in [2.05, 4.69) is 64.3 Å². The van der Waals surface area contributed by atoms with Crippen LogP contribution in [0.25, 0.3) is 0 Å². The van der Waals surface area contributed by atoms with Crippen molar-refractivity contribution in [2.24, 2.45) is 22.7 Å². The van der Waals surface area contributed by atoms with Crippen molar-refractivity contribution in [1.29, 1.82) is 10.5 Å². The van der Waals surface area contributed by atoms with E-state index in [1.807, 2.05) is 0 Å². The maximum Gasteiger partial charge on any atom is 0.235 e. The highest BCUT2D eigenvalue weighted by Crippen LogP contribution is 2.46. The van der Waals surface area contributed by atoms with Crippen molar-refractivity contribution in [2.75, 3.05) is 22.1 Å². The van der Waals surface area contributed by atoms with Crippen LogP contribution in [0.5, 0.6) is 0 Å². The van der Waals surface area contributed by atoms with Crippen LogP contribution in [-0.2, 0) is 35.3 Å². The summed E-state index contributed by atoms with van der Waals surface area (Å²) in [6, 6.07) is 4.65. The van der Waals surface area contributed by atoms with E-state index in [0.717, 1.165) is 62.5 Å². The van der Waals surface area contributed by atoms with Crippen LogP contribution in [0.1, 0.15) is 99.2 Å². The third-order valence-corrected chi connectivity index (χ3v) is 13.0. The molecule has 220 valence electrons. The predicted molar refractivity (Wildman–Crippen MR) is 172 cm³/mol. The van der Waals surface area contributed by atoms with Gasteiger partial charge in [0.05, 0.1) is 22.6 Å². The van der Waals surface area contributed by atoms with Crippen LogP contribution in [0, 0.1) is 45.3 Å². The minimum Gasteiger partial charge on any atom is -0.316 e. The van der Waals surface area contributed by atoms with Gasteiger partial charge in [-0.2, -0.15) is 10.5 Å². The largest absolute Gasteiger partial charge is 0.316 e. The highest BCUT2D eigenvalue weighted by atomic mass is 32.2. The number of fused-ring (bicyclic) bond motifs is 2. The second kappa shape index (κ2) is 12.9. The molecule has 2 aliphatic carbocycles. The zero-order chi connectivity index (χ0) is 29.9. The number of thioether (sulfide) groups is 1. The first-order valence-electron chi connectivity index (χ1n) is 14.7. The summed E-state index contributed by atoms with van der Waals surface area (Å²) in [4.78, 5) is 28.0. The van der Waals surface area contributed by atoms with Crippen LogP contribution in [-0.4, -0.2) is 23.3 Å². The first-order valence-corrected chi connectivity index (χ1v) is 17.5. The van der Waals surface area contributed by atoms with Gasteiger partial charge in [0.1, 0.15) is 22.1 Å². The first kappa shape index (κ1) is 31.6. The number of anilines is 2. The second-order valence-electron chi connectivity index (χ2n) is 12.8. The molecule has 0 radical (unpaired) electrons. The van der Waals surface area contributed by atoms with Gasteiger partial charge in [0.15, 0.2) is 0 Å². The quantitative estimate of drug-likeness (QED) is 0.284. The van der Waals surface area contributed by atoms with E-state index in [1.165, 1.54) is 44.2 Å². The Morgan fingerprint density at radius 2 is 1.20 bits per heavy atom. The van der Waals surface area contributed by atoms with Crippen molar-refractivity contribution in [3.05, 3.63) is 32.0 Å². The van der Waals surface area contributed by atoms with E-state index in [-0.39, 0.29) is 34.2 Å². The molecule has 0 bridgehead atoms. The molecule has 0 saturated heterocycles. The smallest absolute Gasteiger partial charge is 0.235 e. The van der Waals surface area contributed by atoms with Crippen molar-refractivity contribution in [3.8, 4) is 12.1 Å². The fourth-order valence-electron chi connectivity index (χ4n) is 6.06. The average molecular weight is 611 g/mol. The minimum atomic E-state index is -0.211. The van der Waals surface area contributed by atoms with Gasteiger partial charge in [-0.15, -0.1) is 34.4 Å². The lowest BCUT2D eigenvalue weighted by atomic mass is 9.69. The number of hydrogen-bond acceptors (Lipinski definition) is 7. The Labute approximate surface area is 257 Å². The monoisotopic (exact) mass is 610 g/mol. The van der Waals surface area contributed by atoms with Gasteiger partial charge in [-0.25, -0.2) is 0 Å². The normalized spacial score (nSPS) is 18.5. The number of amides is 2. The summed E-state index contributed by atoms with van der Waals surface area (Å²) in [6.45, 7) is 13.7. The molecule has 4 rings (SSSR count). The number of nitrogens with zero attached hydrogens (tertiary/aromatic N) is 2. The van der Waals surface area contributed by atoms with E-state index in [4.69, 9.17) is 0 Å². The van der Waals surface area contributed by atoms with Crippen molar-refractivity contribution in [1.82, 2.24) is 0 Å². The highest BCUT2D eigenvalue weighted by molar-refractivity contribution is 8.00. The molecule has 2 N–H and O–H groups in total. The first-order chi connectivity index (χ1) is 19.4. The van der Waals surface area contributed by atoms with Crippen molar-refractivity contribution < 1.29 is 9.59 Å². The van der Waals surface area contributed by atoms with E-state index >= 15 is 0 Å². The molecule has 0 aliphatic heterocycles. The lowest BCUT2D eigenvalue weighted by Crippen LogP contribution is -2.28. The fraction of sp³-hybridized carbons (Fsp3) is 0.625. The van der Waals surface area contributed by atoms with Crippen LogP contribution < -0.4 is 10.6 Å². The predicted octanol–water partition coefficient (Wildman–Crippen LogP) is 7.95. The highest BCUT2D eigenvalue weighted by Gasteiger charge is 2.35. The summed E-state index contributed by atoms with van der Waals surface area (Å²) in [5.74, 6) is 0.957. The van der Waals surface area contributed by atoms with Crippen LogP contribution in [0.15, 0.2) is 0 Å². The topological polar surface area (TPSA) is 106 Å². The molecular weight excluding hydrogens is 569 g/mol. The number of carbonyl (C=O) groups excluding carboxylic acids is 2. The molecule has 2 aliphatic rings. The van der Waals surface area contributed by atoms with Crippen LogP contribution in [0.4, 0.5) is 10.0 Å². The Balaban J connectivity index is 1.32. The van der Waals surface area contributed by atoms with Gasteiger partial charge in [-0.1, -0.05) is 54.4 Å². The Morgan fingerprint density at radius 1 is 0.805 bits per heavy atom. The van der Waals surface area contributed by atoms with Crippen LogP contribution in [0.2, 0.25) is 0 Å². The lowest BCUT2D eigenvalue weighted by Gasteiger charge is -2.36. The third kappa shape index (κ3) is 6.85. The Hall–Kier alpha value is -2.33. The molecule has 2 atom stereocenters. The second-order valence-corrected chi connectivity index (χ2v) is 16.0. The molecule has 2 aromatic heterocycles. The zero-order valence-corrected chi connectivity index (χ0v) is 27.6. The number of carbonyl (C=O) groups is 2. The van der Waals surface area contributed by atoms with Gasteiger partial charge in [0, 0.05) is 9.75 Å². The Bertz CT molecular complexity index is 1280. The van der Waals surface area contributed by atoms with Crippen LogP contribution >= 0.6 is 34.4 Å². The molecule has 0 spiro atoms. The molecule has 0 aromatic carbocycles. The number of nitrogens with one attached hydrogen (secondary N) is 2.